The third kappa shape index (κ3) is 3.56. The zero-order chi connectivity index (χ0) is 18.1. The summed E-state index contributed by atoms with van der Waals surface area (Å²) in [5, 5.41) is 11.7. The highest BCUT2D eigenvalue weighted by Gasteiger charge is 2.30. The van der Waals surface area contributed by atoms with E-state index < -0.39 is 0 Å². The summed E-state index contributed by atoms with van der Waals surface area (Å²) >= 11 is 0. The van der Waals surface area contributed by atoms with Gasteiger partial charge in [0.25, 0.3) is 5.56 Å². The Balaban J connectivity index is 0.00000210. The van der Waals surface area contributed by atoms with Gasteiger partial charge in [0.15, 0.2) is 0 Å². The molecule has 1 amide bonds. The van der Waals surface area contributed by atoms with Crippen molar-refractivity contribution in [1.29, 1.82) is 0 Å². The van der Waals surface area contributed by atoms with Gasteiger partial charge in [-0.2, -0.15) is 0 Å². The molecule has 2 aromatic heterocycles. The Kier molecular flexibility index (Phi) is 5.52. The Morgan fingerprint density at radius 3 is 2.93 bits per heavy atom. The molecule has 1 aliphatic rings. The number of halogens is 1. The number of carbonyl (C=O) groups is 1. The van der Waals surface area contributed by atoms with Crippen molar-refractivity contribution in [2.24, 2.45) is 7.05 Å². The number of carbonyl (C=O) groups excluding carboxylic acids is 1. The molecular formula is C17H20ClN7O2. The number of rotatable bonds is 3. The summed E-state index contributed by atoms with van der Waals surface area (Å²) in [7, 11) is 1.90. The zero-order valence-electron chi connectivity index (χ0n) is 14.8. The van der Waals surface area contributed by atoms with Crippen molar-refractivity contribution < 1.29 is 4.79 Å². The first-order valence-electron chi connectivity index (χ1n) is 8.45. The molecule has 10 heteroatoms. The molecule has 1 unspecified atom stereocenters. The van der Waals surface area contributed by atoms with Crippen LogP contribution in [0.25, 0.3) is 10.9 Å². The number of nitrogens with zero attached hydrogens (tertiary/aromatic N) is 6. The summed E-state index contributed by atoms with van der Waals surface area (Å²) < 4.78 is 3.03. The van der Waals surface area contributed by atoms with E-state index in [1.54, 1.807) is 35.4 Å². The van der Waals surface area contributed by atoms with Gasteiger partial charge < -0.3 is 14.8 Å². The summed E-state index contributed by atoms with van der Waals surface area (Å²) in [5.41, 5.74) is 0.210. The van der Waals surface area contributed by atoms with Gasteiger partial charge >= 0.3 is 0 Å². The molecule has 1 fully saturated rings. The normalized spacial score (nSPS) is 16.9. The Morgan fingerprint density at radius 2 is 2.15 bits per heavy atom. The monoisotopic (exact) mass is 389 g/mol. The van der Waals surface area contributed by atoms with E-state index in [-0.39, 0.29) is 36.5 Å². The molecule has 0 radical (unpaired) electrons. The lowest BCUT2D eigenvalue weighted by molar-refractivity contribution is -0.135. The number of hydrogen-bond acceptors (Lipinski definition) is 6. The molecule has 4 rings (SSSR count). The number of amides is 1. The van der Waals surface area contributed by atoms with Crippen LogP contribution in [0.5, 0.6) is 0 Å². The number of nitrogens with one attached hydrogen (secondary N) is 1. The highest BCUT2D eigenvalue weighted by atomic mass is 35.5. The first-order valence-corrected chi connectivity index (χ1v) is 8.45. The minimum atomic E-state index is -0.312. The topological polar surface area (TPSA) is 97.9 Å². The van der Waals surface area contributed by atoms with E-state index in [4.69, 9.17) is 0 Å². The average Bonchev–Trinajstić information content (AvgIpc) is 3.10. The number of benzene rings is 1. The summed E-state index contributed by atoms with van der Waals surface area (Å²) in [4.78, 5) is 31.6. The van der Waals surface area contributed by atoms with Gasteiger partial charge in [0.2, 0.25) is 5.91 Å². The number of aromatic nitrogens is 5. The predicted octanol–water partition coefficient (Wildman–Crippen LogP) is 0.120. The molecule has 0 saturated carbocycles. The fraction of sp³-hybridized carbons (Fsp3) is 0.353. The fourth-order valence-corrected chi connectivity index (χ4v) is 3.28. The van der Waals surface area contributed by atoms with E-state index in [9.17, 15) is 9.59 Å². The highest BCUT2D eigenvalue weighted by Crippen LogP contribution is 2.20. The number of aryl methyl sites for hydroxylation is 1. The minimum Gasteiger partial charge on any atom is -0.336 e. The first kappa shape index (κ1) is 19.0. The number of piperazine rings is 1. The van der Waals surface area contributed by atoms with E-state index in [0.29, 0.717) is 30.5 Å². The van der Waals surface area contributed by atoms with Crippen LogP contribution < -0.4 is 10.9 Å². The Morgan fingerprint density at radius 1 is 1.33 bits per heavy atom. The molecule has 1 saturated heterocycles. The molecule has 1 N–H and O–H groups in total. The lowest BCUT2D eigenvalue weighted by Gasteiger charge is -2.35. The highest BCUT2D eigenvalue weighted by molar-refractivity contribution is 5.85. The molecule has 3 heterocycles. The summed E-state index contributed by atoms with van der Waals surface area (Å²) in [5.74, 6) is 0.633. The largest absolute Gasteiger partial charge is 0.336 e. The molecule has 1 aromatic carbocycles. The Bertz CT molecular complexity index is 1020. The van der Waals surface area contributed by atoms with Crippen molar-refractivity contribution in [2.75, 3.05) is 19.6 Å². The number of hydrogen-bond donors (Lipinski definition) is 1. The molecule has 0 spiro atoms. The van der Waals surface area contributed by atoms with Crippen LogP contribution in [0, 0.1) is 0 Å². The molecule has 0 aliphatic carbocycles. The van der Waals surface area contributed by atoms with Gasteiger partial charge in [-0.1, -0.05) is 17.3 Å². The molecule has 1 atom stereocenters. The molecule has 1 aliphatic heterocycles. The second-order valence-electron chi connectivity index (χ2n) is 6.27. The quantitative estimate of drug-likeness (QED) is 0.683. The molecular weight excluding hydrogens is 370 g/mol. The van der Waals surface area contributed by atoms with Crippen LogP contribution in [-0.4, -0.2) is 55.0 Å². The van der Waals surface area contributed by atoms with Crippen LogP contribution in [0.2, 0.25) is 0 Å². The van der Waals surface area contributed by atoms with Crippen LogP contribution in [-0.2, 0) is 18.4 Å². The summed E-state index contributed by atoms with van der Waals surface area (Å²) in [6.07, 6.45) is 3.57. The van der Waals surface area contributed by atoms with Crippen molar-refractivity contribution in [3.63, 3.8) is 0 Å². The van der Waals surface area contributed by atoms with Gasteiger partial charge in [-0.05, 0) is 12.1 Å². The van der Waals surface area contributed by atoms with Crippen molar-refractivity contribution in [1.82, 2.24) is 34.8 Å². The SMILES string of the molecule is Cl.Cn1ccnc1C1CNCCN1C(=O)Cn1nnc2ccccc2c1=O. The van der Waals surface area contributed by atoms with Gasteiger partial charge in [-0.25, -0.2) is 9.67 Å². The van der Waals surface area contributed by atoms with E-state index in [0.717, 1.165) is 10.5 Å². The smallest absolute Gasteiger partial charge is 0.278 e. The third-order valence-electron chi connectivity index (χ3n) is 4.63. The van der Waals surface area contributed by atoms with Crippen LogP contribution in [0.4, 0.5) is 0 Å². The van der Waals surface area contributed by atoms with Crippen LogP contribution in [0.15, 0.2) is 41.5 Å². The maximum absolute atomic E-state index is 12.9. The average molecular weight is 390 g/mol. The van der Waals surface area contributed by atoms with Gasteiger partial charge in [-0.15, -0.1) is 17.5 Å². The Labute approximate surface area is 161 Å². The maximum Gasteiger partial charge on any atom is 0.278 e. The van der Waals surface area contributed by atoms with Gasteiger partial charge in [0, 0.05) is 39.1 Å². The summed E-state index contributed by atoms with van der Waals surface area (Å²) in [6.45, 7) is 1.73. The number of imidazole rings is 1. The number of fused-ring (bicyclic) bond motifs is 1. The van der Waals surface area contributed by atoms with Crippen molar-refractivity contribution in [3.05, 3.63) is 52.8 Å². The first-order chi connectivity index (χ1) is 12.6. The van der Waals surface area contributed by atoms with E-state index in [1.165, 1.54) is 0 Å². The fourth-order valence-electron chi connectivity index (χ4n) is 3.28. The van der Waals surface area contributed by atoms with Crippen LogP contribution >= 0.6 is 12.4 Å². The minimum absolute atomic E-state index is 0. The van der Waals surface area contributed by atoms with E-state index >= 15 is 0 Å². The molecule has 0 bridgehead atoms. The second-order valence-corrected chi connectivity index (χ2v) is 6.27. The van der Waals surface area contributed by atoms with Gasteiger partial charge in [-0.3, -0.25) is 9.59 Å². The molecule has 27 heavy (non-hydrogen) atoms. The standard InChI is InChI=1S/C17H19N7O2.ClH/c1-22-8-7-19-16(22)14-10-18-6-9-23(14)15(25)11-24-17(26)12-4-2-3-5-13(12)20-21-24;/h2-5,7-8,14,18H,6,9-11H2,1H3;1H. The lowest BCUT2D eigenvalue weighted by Crippen LogP contribution is -2.51. The zero-order valence-corrected chi connectivity index (χ0v) is 15.6. The second kappa shape index (κ2) is 7.85. The molecule has 3 aromatic rings. The van der Waals surface area contributed by atoms with Gasteiger partial charge in [0.1, 0.15) is 23.9 Å². The van der Waals surface area contributed by atoms with Crippen molar-refractivity contribution in [3.8, 4) is 0 Å². The van der Waals surface area contributed by atoms with E-state index in [1.807, 2.05) is 17.8 Å². The summed E-state index contributed by atoms with van der Waals surface area (Å²) in [6, 6.07) is 6.80. The van der Waals surface area contributed by atoms with E-state index in [2.05, 4.69) is 20.6 Å². The predicted molar refractivity (Wildman–Crippen MR) is 102 cm³/mol. The van der Waals surface area contributed by atoms with Crippen molar-refractivity contribution >= 4 is 29.2 Å². The third-order valence-corrected chi connectivity index (χ3v) is 4.63. The van der Waals surface area contributed by atoms with Crippen molar-refractivity contribution in [2.45, 2.75) is 12.6 Å². The lowest BCUT2D eigenvalue weighted by atomic mass is 10.1. The Hall–Kier alpha value is -2.78. The molecule has 9 nitrogen and oxygen atoms in total. The van der Waals surface area contributed by atoms with Gasteiger partial charge in [0.05, 0.1) is 5.39 Å². The van der Waals surface area contributed by atoms with Crippen LogP contribution in [0.1, 0.15) is 11.9 Å². The molecule has 142 valence electrons. The maximum atomic E-state index is 12.9. The van der Waals surface area contributed by atoms with Crippen LogP contribution in [0.3, 0.4) is 0 Å².